The number of imide groups is 2. The molecule has 8 heteroatoms. The van der Waals surface area contributed by atoms with Crippen molar-refractivity contribution in [3.63, 3.8) is 0 Å². The highest BCUT2D eigenvalue weighted by Crippen LogP contribution is 2.33. The number of rotatable bonds is 5. The predicted molar refractivity (Wildman–Crippen MR) is 176 cm³/mol. The van der Waals surface area contributed by atoms with Crippen molar-refractivity contribution in [3.8, 4) is 11.8 Å². The van der Waals surface area contributed by atoms with Crippen LogP contribution in [0.2, 0.25) is 5.02 Å². The molecule has 46 heavy (non-hydrogen) atoms. The quantitative estimate of drug-likeness (QED) is 0.199. The van der Waals surface area contributed by atoms with Crippen LogP contribution in [-0.2, 0) is 0 Å². The van der Waals surface area contributed by atoms with Crippen LogP contribution >= 0.6 is 11.6 Å². The zero-order chi connectivity index (χ0) is 31.8. The zero-order valence-electron chi connectivity index (χ0n) is 24.4. The van der Waals surface area contributed by atoms with E-state index in [0.29, 0.717) is 39.4 Å². The molecule has 0 N–H and O–H groups in total. The van der Waals surface area contributed by atoms with Gasteiger partial charge in [0.25, 0.3) is 23.6 Å². The van der Waals surface area contributed by atoms with E-state index in [-0.39, 0.29) is 24.9 Å². The summed E-state index contributed by atoms with van der Waals surface area (Å²) in [5.41, 5.74) is 5.95. The van der Waals surface area contributed by atoms with Crippen LogP contribution in [0, 0.1) is 11.8 Å². The minimum absolute atomic E-state index is 0.0317. The minimum Gasteiger partial charge on any atom is -0.280 e. The average Bonchev–Trinajstić information content (AvgIpc) is 3.37. The lowest BCUT2D eigenvalue weighted by Crippen LogP contribution is -2.30. The van der Waals surface area contributed by atoms with Crippen LogP contribution in [0.3, 0.4) is 0 Å². The molecule has 4 aromatic carbocycles. The van der Waals surface area contributed by atoms with Gasteiger partial charge in [0, 0.05) is 28.3 Å². The van der Waals surface area contributed by atoms with Gasteiger partial charge in [0.05, 0.1) is 41.1 Å². The zero-order valence-corrected chi connectivity index (χ0v) is 25.1. The molecule has 0 unspecified atom stereocenters. The molecule has 0 aromatic heterocycles. The smallest absolute Gasteiger partial charge is 0.262 e. The first kappa shape index (κ1) is 28.9. The molecule has 3 heterocycles. The number of fused-ring (bicyclic) bond motifs is 3. The molecule has 0 radical (unpaired) electrons. The highest BCUT2D eigenvalue weighted by Gasteiger charge is 2.35. The number of hydrogen-bond donors (Lipinski definition) is 0. The third kappa shape index (κ3) is 5.05. The number of nitrogens with zero attached hydrogens (tertiary/aromatic N) is 3. The minimum atomic E-state index is -0.402. The Morgan fingerprint density at radius 3 is 1.87 bits per heavy atom. The van der Waals surface area contributed by atoms with Crippen molar-refractivity contribution in [1.29, 1.82) is 0 Å². The van der Waals surface area contributed by atoms with Crippen molar-refractivity contribution in [3.05, 3.63) is 159 Å². The van der Waals surface area contributed by atoms with Gasteiger partial charge in [-0.2, -0.15) is 0 Å². The summed E-state index contributed by atoms with van der Waals surface area (Å²) in [5, 5.41) is 0.539. The van der Waals surface area contributed by atoms with Crippen molar-refractivity contribution in [2.75, 3.05) is 19.6 Å². The highest BCUT2D eigenvalue weighted by atomic mass is 35.5. The largest absolute Gasteiger partial charge is 0.280 e. The number of aliphatic imine (C=N–C) groups is 1. The molecule has 4 amide bonds. The summed E-state index contributed by atoms with van der Waals surface area (Å²) in [6, 6.07) is 28.7. The Bertz CT molecular complexity index is 2070. The number of amides is 4. The van der Waals surface area contributed by atoms with Crippen molar-refractivity contribution < 1.29 is 19.2 Å². The number of allylic oxidation sites excluding steroid dienone is 2. The van der Waals surface area contributed by atoms with E-state index >= 15 is 0 Å². The monoisotopic (exact) mass is 621 g/mol. The van der Waals surface area contributed by atoms with Gasteiger partial charge >= 0.3 is 0 Å². The molecule has 0 aliphatic carbocycles. The lowest BCUT2D eigenvalue weighted by Gasteiger charge is -2.16. The molecule has 0 saturated carbocycles. The van der Waals surface area contributed by atoms with E-state index in [1.807, 2.05) is 48.5 Å². The summed E-state index contributed by atoms with van der Waals surface area (Å²) in [6.45, 7) is 0.162. The predicted octanol–water partition coefficient (Wildman–Crippen LogP) is 6.10. The normalized spacial score (nSPS) is 15.5. The maximum atomic E-state index is 13.2. The van der Waals surface area contributed by atoms with E-state index in [4.69, 9.17) is 16.6 Å². The first-order valence-corrected chi connectivity index (χ1v) is 15.0. The van der Waals surface area contributed by atoms with E-state index in [1.54, 1.807) is 60.7 Å². The SMILES string of the molecule is O=C1c2ccccc2C(=O)N1CC#C/C(=C/CN1C(=O)c2ccccc2C1=O)C1=CCN=C(c2ccccc2)c2cc(Cl)ccc21. The molecule has 7 rings (SSSR count). The van der Waals surface area contributed by atoms with Crippen LogP contribution < -0.4 is 0 Å². The van der Waals surface area contributed by atoms with Crippen LogP contribution in [0.5, 0.6) is 0 Å². The number of carbonyl (C=O) groups excluding carboxylic acids is 4. The van der Waals surface area contributed by atoms with Gasteiger partial charge in [0.1, 0.15) is 0 Å². The molecular weight excluding hydrogens is 598 g/mol. The van der Waals surface area contributed by atoms with Gasteiger partial charge in [-0.05, 0) is 53.6 Å². The lowest BCUT2D eigenvalue weighted by atomic mass is 9.90. The topological polar surface area (TPSA) is 87.1 Å². The Balaban J connectivity index is 1.27. The maximum absolute atomic E-state index is 13.2. The number of halogens is 1. The van der Waals surface area contributed by atoms with Gasteiger partial charge in [0.15, 0.2) is 0 Å². The summed E-state index contributed by atoms with van der Waals surface area (Å²) in [5.74, 6) is 4.61. The standard InChI is InChI=1S/C38H24ClN3O4/c39-26-16-17-28-27(18-20-40-34(33(28)23-26)25-9-2-1-3-10-25)24(19-22-42-37(45)31-14-6-7-15-32(31)38(42)46)11-8-21-41-35(43)29-12-4-5-13-30(29)36(41)44/h1-7,9-10,12-19,23H,20-22H2/b24-19-. The Labute approximate surface area is 270 Å². The molecule has 3 aliphatic heterocycles. The van der Waals surface area contributed by atoms with E-state index in [1.165, 1.54) is 4.90 Å². The van der Waals surface area contributed by atoms with E-state index in [2.05, 4.69) is 11.8 Å². The second kappa shape index (κ2) is 11.9. The summed E-state index contributed by atoms with van der Waals surface area (Å²) in [6.07, 6.45) is 3.67. The van der Waals surface area contributed by atoms with Gasteiger partial charge in [0.2, 0.25) is 0 Å². The Morgan fingerprint density at radius 2 is 1.26 bits per heavy atom. The van der Waals surface area contributed by atoms with Crippen LogP contribution in [0.25, 0.3) is 5.57 Å². The first-order chi connectivity index (χ1) is 22.4. The molecule has 0 atom stereocenters. The van der Waals surface area contributed by atoms with E-state index in [9.17, 15) is 19.2 Å². The summed E-state index contributed by atoms with van der Waals surface area (Å²) < 4.78 is 0. The first-order valence-electron chi connectivity index (χ1n) is 14.6. The molecule has 222 valence electrons. The van der Waals surface area contributed by atoms with Gasteiger partial charge in [-0.3, -0.25) is 34.0 Å². The van der Waals surface area contributed by atoms with E-state index in [0.717, 1.165) is 32.9 Å². The number of carbonyl (C=O) groups is 4. The molecule has 3 aliphatic rings. The Kier molecular flexibility index (Phi) is 7.49. The number of benzene rings is 4. The van der Waals surface area contributed by atoms with Crippen molar-refractivity contribution in [2.45, 2.75) is 0 Å². The summed E-state index contributed by atoms with van der Waals surface area (Å²) >= 11 is 6.49. The van der Waals surface area contributed by atoms with Gasteiger partial charge in [-0.25, -0.2) is 0 Å². The van der Waals surface area contributed by atoms with Crippen molar-refractivity contribution in [1.82, 2.24) is 9.80 Å². The fourth-order valence-electron chi connectivity index (χ4n) is 5.88. The molecule has 0 saturated heterocycles. The Hall–Kier alpha value is -5.84. The van der Waals surface area contributed by atoms with Crippen LogP contribution in [0.1, 0.15) is 58.1 Å². The number of hydrogen-bond acceptors (Lipinski definition) is 5. The third-order valence-corrected chi connectivity index (χ3v) is 8.34. The van der Waals surface area contributed by atoms with Crippen LogP contribution in [-0.4, -0.2) is 58.8 Å². The van der Waals surface area contributed by atoms with Gasteiger partial charge < -0.3 is 0 Å². The molecular formula is C38H24ClN3O4. The molecule has 7 nitrogen and oxygen atoms in total. The maximum Gasteiger partial charge on any atom is 0.262 e. The summed E-state index contributed by atoms with van der Waals surface area (Å²) in [7, 11) is 0. The van der Waals surface area contributed by atoms with Crippen LogP contribution in [0.15, 0.2) is 120 Å². The second-order valence-corrected chi connectivity index (χ2v) is 11.2. The molecule has 4 aromatic rings. The molecule has 0 fully saturated rings. The van der Waals surface area contributed by atoms with Gasteiger partial charge in [-0.1, -0.05) is 90.2 Å². The molecule has 0 spiro atoms. The highest BCUT2D eigenvalue weighted by molar-refractivity contribution is 6.31. The lowest BCUT2D eigenvalue weighted by molar-refractivity contribution is 0.0657. The van der Waals surface area contributed by atoms with Gasteiger partial charge in [-0.15, -0.1) is 0 Å². The van der Waals surface area contributed by atoms with Crippen LogP contribution in [0.4, 0.5) is 0 Å². The summed E-state index contributed by atoms with van der Waals surface area (Å²) in [4.78, 5) is 59.5. The fourth-order valence-corrected chi connectivity index (χ4v) is 6.05. The van der Waals surface area contributed by atoms with Crippen molar-refractivity contribution in [2.24, 2.45) is 4.99 Å². The third-order valence-electron chi connectivity index (χ3n) is 8.10. The average molecular weight is 622 g/mol. The molecule has 0 bridgehead atoms. The second-order valence-electron chi connectivity index (χ2n) is 10.8. The van der Waals surface area contributed by atoms with Crippen molar-refractivity contribution >= 4 is 46.5 Å². The van der Waals surface area contributed by atoms with E-state index < -0.39 is 11.8 Å². The fraction of sp³-hybridized carbons (Fsp3) is 0.0789. The Morgan fingerprint density at radius 1 is 0.696 bits per heavy atom.